The van der Waals surface area contributed by atoms with Gasteiger partial charge in [0.2, 0.25) is 0 Å². The van der Waals surface area contributed by atoms with Crippen LogP contribution in [0.5, 0.6) is 0 Å². The van der Waals surface area contributed by atoms with E-state index in [1.54, 1.807) is 6.20 Å². The molecule has 0 amide bonds. The molecule has 0 aliphatic heterocycles. The predicted molar refractivity (Wildman–Crippen MR) is 71.1 cm³/mol. The number of hydrogen-bond acceptors (Lipinski definition) is 2. The summed E-state index contributed by atoms with van der Waals surface area (Å²) in [6, 6.07) is 10.5. The number of benzene rings is 1. The van der Waals surface area contributed by atoms with Gasteiger partial charge in [-0.25, -0.2) is 0 Å². The van der Waals surface area contributed by atoms with Gasteiger partial charge in [-0.15, -0.1) is 0 Å². The minimum atomic E-state index is 0.666. The van der Waals surface area contributed by atoms with Crippen LogP contribution in [0, 0.1) is 5.92 Å². The van der Waals surface area contributed by atoms with Crippen LogP contribution >= 0.6 is 0 Å². The smallest absolute Gasteiger partial charge is 0.0659 e. The van der Waals surface area contributed by atoms with E-state index in [0.717, 1.165) is 13.1 Å². The summed E-state index contributed by atoms with van der Waals surface area (Å²) in [5.74, 6) is 0.666. The van der Waals surface area contributed by atoms with Gasteiger partial charge in [-0.3, -0.25) is 4.68 Å². The fraction of sp³-hybridized carbons (Fsp3) is 0.357. The van der Waals surface area contributed by atoms with Crippen LogP contribution in [0.25, 0.3) is 0 Å². The number of aromatic nitrogens is 2. The molecule has 0 spiro atoms. The van der Waals surface area contributed by atoms with E-state index in [1.807, 2.05) is 16.9 Å². The highest BCUT2D eigenvalue weighted by atomic mass is 15.3. The highest BCUT2D eigenvalue weighted by Crippen LogP contribution is 2.11. The maximum atomic E-state index is 4.19. The van der Waals surface area contributed by atoms with Gasteiger partial charge in [-0.1, -0.05) is 26.0 Å². The summed E-state index contributed by atoms with van der Waals surface area (Å²) < 4.78 is 1.93. The molecule has 0 saturated heterocycles. The van der Waals surface area contributed by atoms with Crippen LogP contribution < -0.4 is 5.32 Å². The van der Waals surface area contributed by atoms with Crippen LogP contribution in [0.1, 0.15) is 19.4 Å². The first-order chi connectivity index (χ1) is 8.24. The van der Waals surface area contributed by atoms with Crippen LogP contribution in [0.2, 0.25) is 0 Å². The first-order valence-electron chi connectivity index (χ1n) is 6.04. The van der Waals surface area contributed by atoms with Gasteiger partial charge in [0.25, 0.3) is 0 Å². The third-order valence-electron chi connectivity index (χ3n) is 2.57. The maximum Gasteiger partial charge on any atom is 0.0659 e. The molecule has 0 bridgehead atoms. The van der Waals surface area contributed by atoms with Crippen molar-refractivity contribution < 1.29 is 0 Å². The molecule has 1 heterocycles. The lowest BCUT2D eigenvalue weighted by Gasteiger charge is -2.09. The van der Waals surface area contributed by atoms with E-state index in [-0.39, 0.29) is 0 Å². The Morgan fingerprint density at radius 2 is 2.00 bits per heavy atom. The number of rotatable bonds is 5. The van der Waals surface area contributed by atoms with Crippen molar-refractivity contribution in [2.24, 2.45) is 5.92 Å². The Hall–Kier alpha value is -1.77. The zero-order chi connectivity index (χ0) is 12.1. The minimum Gasteiger partial charge on any atom is -0.385 e. The summed E-state index contributed by atoms with van der Waals surface area (Å²) in [7, 11) is 0. The summed E-state index contributed by atoms with van der Waals surface area (Å²) in [5, 5.41) is 7.60. The topological polar surface area (TPSA) is 29.9 Å². The van der Waals surface area contributed by atoms with Gasteiger partial charge in [0.05, 0.1) is 6.54 Å². The Bertz CT molecular complexity index is 429. The Kier molecular flexibility index (Phi) is 3.81. The molecule has 3 heteroatoms. The molecule has 2 rings (SSSR count). The van der Waals surface area contributed by atoms with Crippen molar-refractivity contribution in [2.45, 2.75) is 20.4 Å². The third-order valence-corrected chi connectivity index (χ3v) is 2.57. The zero-order valence-electron chi connectivity index (χ0n) is 10.4. The van der Waals surface area contributed by atoms with E-state index in [1.165, 1.54) is 11.3 Å². The van der Waals surface area contributed by atoms with Gasteiger partial charge in [-0.05, 0) is 29.7 Å². The van der Waals surface area contributed by atoms with Crippen LogP contribution in [0.3, 0.4) is 0 Å². The van der Waals surface area contributed by atoms with Crippen LogP contribution in [-0.2, 0) is 6.54 Å². The molecule has 0 saturated carbocycles. The van der Waals surface area contributed by atoms with Crippen molar-refractivity contribution in [3.63, 3.8) is 0 Å². The van der Waals surface area contributed by atoms with Crippen molar-refractivity contribution in [3.8, 4) is 0 Å². The molecular weight excluding hydrogens is 210 g/mol. The molecule has 0 aliphatic carbocycles. The van der Waals surface area contributed by atoms with Crippen LogP contribution in [-0.4, -0.2) is 16.3 Å². The van der Waals surface area contributed by atoms with Crippen molar-refractivity contribution in [2.75, 3.05) is 11.9 Å². The quantitative estimate of drug-likeness (QED) is 0.854. The second-order valence-electron chi connectivity index (χ2n) is 4.68. The van der Waals surface area contributed by atoms with Crippen molar-refractivity contribution >= 4 is 5.69 Å². The average molecular weight is 229 g/mol. The van der Waals surface area contributed by atoms with Gasteiger partial charge >= 0.3 is 0 Å². The number of nitrogens with one attached hydrogen (secondary N) is 1. The summed E-state index contributed by atoms with van der Waals surface area (Å²) in [6.07, 6.45) is 3.78. The molecule has 0 aliphatic rings. The molecule has 17 heavy (non-hydrogen) atoms. The van der Waals surface area contributed by atoms with Gasteiger partial charge in [0.15, 0.2) is 0 Å². The molecule has 1 N–H and O–H groups in total. The number of anilines is 1. The Morgan fingerprint density at radius 3 is 2.59 bits per heavy atom. The van der Waals surface area contributed by atoms with E-state index in [2.05, 4.69) is 48.5 Å². The Balaban J connectivity index is 1.93. The van der Waals surface area contributed by atoms with Gasteiger partial charge < -0.3 is 5.32 Å². The monoisotopic (exact) mass is 229 g/mol. The molecule has 1 aromatic heterocycles. The SMILES string of the molecule is CC(C)CNc1ccc(Cn2cccn2)cc1. The fourth-order valence-corrected chi connectivity index (χ4v) is 1.63. The molecule has 0 atom stereocenters. The first-order valence-corrected chi connectivity index (χ1v) is 6.04. The lowest BCUT2D eigenvalue weighted by molar-refractivity contribution is 0.685. The van der Waals surface area contributed by atoms with Crippen molar-refractivity contribution in [1.29, 1.82) is 0 Å². The summed E-state index contributed by atoms with van der Waals surface area (Å²) in [4.78, 5) is 0. The highest BCUT2D eigenvalue weighted by molar-refractivity contribution is 5.44. The molecule has 3 nitrogen and oxygen atoms in total. The first kappa shape index (κ1) is 11.7. The van der Waals surface area contributed by atoms with Crippen LogP contribution in [0.4, 0.5) is 5.69 Å². The number of nitrogens with zero attached hydrogens (tertiary/aromatic N) is 2. The minimum absolute atomic E-state index is 0.666. The molecule has 90 valence electrons. The lowest BCUT2D eigenvalue weighted by atomic mass is 10.2. The molecule has 0 fully saturated rings. The lowest BCUT2D eigenvalue weighted by Crippen LogP contribution is -2.07. The van der Waals surface area contributed by atoms with E-state index in [0.29, 0.717) is 5.92 Å². The summed E-state index contributed by atoms with van der Waals surface area (Å²) in [5.41, 5.74) is 2.45. The van der Waals surface area contributed by atoms with E-state index in [9.17, 15) is 0 Å². The summed E-state index contributed by atoms with van der Waals surface area (Å²) in [6.45, 7) is 6.26. The molecule has 2 aromatic rings. The van der Waals surface area contributed by atoms with Crippen molar-refractivity contribution in [3.05, 3.63) is 48.3 Å². The fourth-order valence-electron chi connectivity index (χ4n) is 1.63. The molecule has 1 aromatic carbocycles. The van der Waals surface area contributed by atoms with Crippen molar-refractivity contribution in [1.82, 2.24) is 9.78 Å². The standard InChI is InChI=1S/C14H19N3/c1-12(2)10-15-14-6-4-13(5-7-14)11-17-9-3-8-16-17/h3-9,12,15H,10-11H2,1-2H3. The van der Waals surface area contributed by atoms with E-state index < -0.39 is 0 Å². The molecule has 0 radical (unpaired) electrons. The Morgan fingerprint density at radius 1 is 1.24 bits per heavy atom. The van der Waals surface area contributed by atoms with E-state index in [4.69, 9.17) is 0 Å². The second kappa shape index (κ2) is 5.53. The van der Waals surface area contributed by atoms with Gasteiger partial charge in [-0.2, -0.15) is 5.10 Å². The highest BCUT2D eigenvalue weighted by Gasteiger charge is 1.97. The molecule has 0 unspecified atom stereocenters. The Labute approximate surface area is 102 Å². The normalized spacial score (nSPS) is 10.8. The zero-order valence-corrected chi connectivity index (χ0v) is 10.4. The van der Waals surface area contributed by atoms with E-state index >= 15 is 0 Å². The average Bonchev–Trinajstić information content (AvgIpc) is 2.81. The molecular formula is C14H19N3. The second-order valence-corrected chi connectivity index (χ2v) is 4.68. The maximum absolute atomic E-state index is 4.19. The third kappa shape index (κ3) is 3.63. The van der Waals surface area contributed by atoms with Crippen LogP contribution in [0.15, 0.2) is 42.7 Å². The van der Waals surface area contributed by atoms with Gasteiger partial charge in [0, 0.05) is 24.6 Å². The predicted octanol–water partition coefficient (Wildman–Crippen LogP) is 3.00. The largest absolute Gasteiger partial charge is 0.385 e. The van der Waals surface area contributed by atoms with Gasteiger partial charge in [0.1, 0.15) is 0 Å². The number of hydrogen-bond donors (Lipinski definition) is 1. The summed E-state index contributed by atoms with van der Waals surface area (Å²) >= 11 is 0.